The molecule has 1 aromatic carbocycles. The van der Waals surface area contributed by atoms with Gasteiger partial charge in [0.1, 0.15) is 5.60 Å². The van der Waals surface area contributed by atoms with E-state index in [-0.39, 0.29) is 6.42 Å². The highest BCUT2D eigenvalue weighted by Crippen LogP contribution is 2.27. The average molecular weight is 387 g/mol. The van der Waals surface area contributed by atoms with Crippen LogP contribution in [0.25, 0.3) is 0 Å². The molecule has 26 heavy (non-hydrogen) atoms. The van der Waals surface area contributed by atoms with E-state index in [0.29, 0.717) is 13.0 Å². The highest BCUT2D eigenvalue weighted by molar-refractivity contribution is 5.68. The van der Waals surface area contributed by atoms with Gasteiger partial charge in [0.2, 0.25) is 29.1 Å². The normalized spacial score (nSPS) is 10.6. The van der Waals surface area contributed by atoms with Crippen molar-refractivity contribution in [1.82, 2.24) is 5.32 Å². The molecule has 1 aromatic rings. The minimum absolute atomic E-state index is 0.0514. The van der Waals surface area contributed by atoms with Gasteiger partial charge in [0.25, 0.3) is 0 Å². The maximum absolute atomic E-state index is 12.2. The number of carbonyl (C=O) groups is 2. The second-order valence-corrected chi connectivity index (χ2v) is 5.84. The highest BCUT2D eigenvalue weighted by Gasteiger charge is 2.25. The zero-order valence-electron chi connectivity index (χ0n) is 14.1. The van der Waals surface area contributed by atoms with Crippen LogP contribution >= 0.6 is 0 Å². The molecule has 0 radical (unpaired) electrons. The van der Waals surface area contributed by atoms with Crippen molar-refractivity contribution in [3.05, 3.63) is 29.1 Å². The Hall–Kier alpha value is -2.59. The Balaban J connectivity index is 0.000000485. The first-order valence-electron chi connectivity index (χ1n) is 7.17. The van der Waals surface area contributed by atoms with Gasteiger partial charge in [-0.1, -0.05) is 0 Å². The number of carboxylic acids is 1. The standard InChI is InChI=1S/C9H17NO4.C6HF5O/c1-9(2,3)14-8(13)10-6-4-5-7(11)12;7-1-2(8)4(10)6(12)5(11)3(1)9/h4-6H2,1-3H3,(H,10,13)(H,11,12);12H. The Morgan fingerprint density at radius 3 is 1.77 bits per heavy atom. The van der Waals surface area contributed by atoms with E-state index in [1.54, 1.807) is 20.8 Å². The van der Waals surface area contributed by atoms with Gasteiger partial charge in [0, 0.05) is 13.0 Å². The third-order valence-electron chi connectivity index (χ3n) is 2.42. The summed E-state index contributed by atoms with van der Waals surface area (Å²) in [6.45, 7) is 5.62. The molecular formula is C15H18F5NO5. The van der Waals surface area contributed by atoms with Crippen molar-refractivity contribution in [2.24, 2.45) is 0 Å². The molecule has 3 N–H and O–H groups in total. The third-order valence-corrected chi connectivity index (χ3v) is 2.42. The van der Waals surface area contributed by atoms with E-state index >= 15 is 0 Å². The number of alkyl carbamates (subject to hydrolysis) is 1. The van der Waals surface area contributed by atoms with Crippen molar-refractivity contribution in [2.75, 3.05) is 6.54 Å². The number of ether oxygens (including phenoxy) is 1. The van der Waals surface area contributed by atoms with Crippen LogP contribution in [0.15, 0.2) is 0 Å². The van der Waals surface area contributed by atoms with Crippen LogP contribution < -0.4 is 5.32 Å². The molecule has 0 spiro atoms. The lowest BCUT2D eigenvalue weighted by molar-refractivity contribution is -0.137. The first-order chi connectivity index (χ1) is 11.8. The summed E-state index contributed by atoms with van der Waals surface area (Å²) in [5, 5.41) is 19.1. The SMILES string of the molecule is CC(C)(C)OC(=O)NCCCC(=O)O.Oc1c(F)c(F)c(F)c(F)c1F. The number of carboxylic acid groups (broad SMARTS) is 1. The summed E-state index contributed by atoms with van der Waals surface area (Å²) in [5.41, 5.74) is -0.517. The number of nitrogens with one attached hydrogen (secondary N) is 1. The van der Waals surface area contributed by atoms with E-state index < -0.39 is 52.5 Å². The Kier molecular flexibility index (Phi) is 8.81. The van der Waals surface area contributed by atoms with E-state index in [1.807, 2.05) is 0 Å². The number of rotatable bonds is 4. The Morgan fingerprint density at radius 1 is 0.962 bits per heavy atom. The summed E-state index contributed by atoms with van der Waals surface area (Å²) in [4.78, 5) is 21.2. The number of amides is 1. The van der Waals surface area contributed by atoms with Gasteiger partial charge in [-0.25, -0.2) is 18.0 Å². The monoisotopic (exact) mass is 387 g/mol. The lowest BCUT2D eigenvalue weighted by Gasteiger charge is -2.19. The Bertz CT molecular complexity index is 556. The zero-order valence-corrected chi connectivity index (χ0v) is 14.1. The van der Waals surface area contributed by atoms with Gasteiger partial charge in [-0.3, -0.25) is 4.79 Å². The lowest BCUT2D eigenvalue weighted by Crippen LogP contribution is -2.33. The molecule has 0 aliphatic carbocycles. The molecule has 1 rings (SSSR count). The van der Waals surface area contributed by atoms with Crippen LogP contribution in [0, 0.1) is 29.1 Å². The molecule has 0 atom stereocenters. The van der Waals surface area contributed by atoms with Crippen LogP contribution in [0.4, 0.5) is 26.7 Å². The number of benzene rings is 1. The number of carbonyl (C=O) groups excluding carboxylic acids is 1. The van der Waals surface area contributed by atoms with Crippen LogP contribution in [0.2, 0.25) is 0 Å². The first kappa shape index (κ1) is 23.4. The smallest absolute Gasteiger partial charge is 0.407 e. The summed E-state index contributed by atoms with van der Waals surface area (Å²) < 4.78 is 65.6. The number of hydrogen-bond donors (Lipinski definition) is 3. The minimum Gasteiger partial charge on any atom is -0.503 e. The molecular weight excluding hydrogens is 369 g/mol. The molecule has 0 aliphatic heterocycles. The number of phenols is 1. The average Bonchev–Trinajstić information content (AvgIpc) is 2.52. The van der Waals surface area contributed by atoms with E-state index in [0.717, 1.165) is 0 Å². The van der Waals surface area contributed by atoms with E-state index in [4.69, 9.17) is 14.9 Å². The number of aromatic hydroxyl groups is 1. The fraction of sp³-hybridized carbons (Fsp3) is 0.467. The predicted octanol–water partition coefficient (Wildman–Crippen LogP) is 3.46. The van der Waals surface area contributed by atoms with Gasteiger partial charge >= 0.3 is 12.1 Å². The molecule has 0 bridgehead atoms. The molecule has 0 aromatic heterocycles. The number of halogens is 5. The van der Waals surface area contributed by atoms with Crippen LogP contribution in [0.1, 0.15) is 33.6 Å². The van der Waals surface area contributed by atoms with Crippen molar-refractivity contribution >= 4 is 12.1 Å². The van der Waals surface area contributed by atoms with Gasteiger partial charge in [-0.2, -0.15) is 8.78 Å². The van der Waals surface area contributed by atoms with Crippen molar-refractivity contribution in [2.45, 2.75) is 39.2 Å². The molecule has 11 heteroatoms. The quantitative estimate of drug-likeness (QED) is 0.318. The van der Waals surface area contributed by atoms with E-state index in [2.05, 4.69) is 5.32 Å². The fourth-order valence-corrected chi connectivity index (χ4v) is 1.34. The van der Waals surface area contributed by atoms with E-state index in [9.17, 15) is 31.5 Å². The lowest BCUT2D eigenvalue weighted by atomic mass is 10.2. The Morgan fingerprint density at radius 2 is 1.38 bits per heavy atom. The molecule has 0 fully saturated rings. The maximum atomic E-state index is 12.2. The number of hydrogen-bond acceptors (Lipinski definition) is 4. The fourth-order valence-electron chi connectivity index (χ4n) is 1.34. The number of phenolic OH excluding ortho intramolecular Hbond substituents is 1. The Labute approximate surface area is 145 Å². The second kappa shape index (κ2) is 9.78. The summed E-state index contributed by atoms with van der Waals surface area (Å²) in [6.07, 6.45) is -0.0485. The molecule has 0 aliphatic rings. The van der Waals surface area contributed by atoms with Crippen LogP contribution in [-0.4, -0.2) is 34.4 Å². The van der Waals surface area contributed by atoms with Crippen molar-refractivity contribution < 1.29 is 46.5 Å². The van der Waals surface area contributed by atoms with E-state index in [1.165, 1.54) is 0 Å². The van der Waals surface area contributed by atoms with Crippen LogP contribution in [-0.2, 0) is 9.53 Å². The molecule has 6 nitrogen and oxygen atoms in total. The van der Waals surface area contributed by atoms with Crippen LogP contribution in [0.3, 0.4) is 0 Å². The van der Waals surface area contributed by atoms with Crippen molar-refractivity contribution in [3.63, 3.8) is 0 Å². The highest BCUT2D eigenvalue weighted by atomic mass is 19.2. The number of aliphatic carboxylic acids is 1. The summed E-state index contributed by atoms with van der Waals surface area (Å²) in [5.74, 6) is -13.8. The zero-order chi connectivity index (χ0) is 20.7. The molecule has 0 saturated heterocycles. The van der Waals surface area contributed by atoms with Gasteiger partial charge in [0.15, 0.2) is 5.75 Å². The predicted molar refractivity (Wildman–Crippen MR) is 79.0 cm³/mol. The molecule has 0 saturated carbocycles. The largest absolute Gasteiger partial charge is 0.503 e. The summed E-state index contributed by atoms with van der Waals surface area (Å²) in [7, 11) is 0. The van der Waals surface area contributed by atoms with Crippen molar-refractivity contribution in [1.29, 1.82) is 0 Å². The van der Waals surface area contributed by atoms with Gasteiger partial charge in [-0.05, 0) is 27.2 Å². The summed E-state index contributed by atoms with van der Waals surface area (Å²) in [6, 6.07) is 0. The van der Waals surface area contributed by atoms with Crippen molar-refractivity contribution in [3.8, 4) is 5.75 Å². The first-order valence-corrected chi connectivity index (χ1v) is 7.17. The van der Waals surface area contributed by atoms with Gasteiger partial charge < -0.3 is 20.3 Å². The topological polar surface area (TPSA) is 95.9 Å². The van der Waals surface area contributed by atoms with Gasteiger partial charge in [-0.15, -0.1) is 0 Å². The third kappa shape index (κ3) is 7.99. The maximum Gasteiger partial charge on any atom is 0.407 e. The van der Waals surface area contributed by atoms with Gasteiger partial charge in [0.05, 0.1) is 0 Å². The summed E-state index contributed by atoms with van der Waals surface area (Å²) >= 11 is 0. The van der Waals surface area contributed by atoms with Crippen LogP contribution in [0.5, 0.6) is 5.75 Å². The molecule has 0 unspecified atom stereocenters. The molecule has 1 amide bonds. The molecule has 0 heterocycles. The minimum atomic E-state index is -2.29. The molecule has 148 valence electrons. The second-order valence-electron chi connectivity index (χ2n) is 5.84.